The van der Waals surface area contributed by atoms with Crippen molar-refractivity contribution in [3.8, 4) is 0 Å². The van der Waals surface area contributed by atoms with E-state index in [-0.39, 0.29) is 0 Å². The summed E-state index contributed by atoms with van der Waals surface area (Å²) in [5.74, 6) is 0. The van der Waals surface area contributed by atoms with E-state index < -0.39 is 6.10 Å². The van der Waals surface area contributed by atoms with E-state index in [0.29, 0.717) is 0 Å². The molecule has 2 rings (SSSR count). The normalized spacial score (nSPS) is 12.6. The van der Waals surface area contributed by atoms with Gasteiger partial charge in [-0.05, 0) is 37.1 Å². The zero-order valence-corrected chi connectivity index (χ0v) is 9.37. The zero-order chi connectivity index (χ0) is 11.4. The highest BCUT2D eigenvalue weighted by molar-refractivity contribution is 5.12. The molecule has 3 nitrogen and oxygen atoms in total. The summed E-state index contributed by atoms with van der Waals surface area (Å²) in [7, 11) is 0. The molecule has 16 heavy (non-hydrogen) atoms. The SMILES string of the molecule is CC(O)c1cccn1CCc1cccnc1. The monoisotopic (exact) mass is 216 g/mol. The van der Waals surface area contributed by atoms with Crippen LogP contribution in [0.25, 0.3) is 0 Å². The molecule has 3 heteroatoms. The fourth-order valence-corrected chi connectivity index (χ4v) is 1.81. The van der Waals surface area contributed by atoms with Crippen LogP contribution in [0.15, 0.2) is 42.9 Å². The molecule has 0 radical (unpaired) electrons. The van der Waals surface area contributed by atoms with Gasteiger partial charge in [-0.25, -0.2) is 0 Å². The number of rotatable bonds is 4. The third-order valence-corrected chi connectivity index (χ3v) is 2.66. The van der Waals surface area contributed by atoms with E-state index in [1.807, 2.05) is 30.6 Å². The van der Waals surface area contributed by atoms with Crippen molar-refractivity contribution in [3.05, 3.63) is 54.1 Å². The van der Waals surface area contributed by atoms with Crippen molar-refractivity contribution >= 4 is 0 Å². The van der Waals surface area contributed by atoms with E-state index in [0.717, 1.165) is 18.7 Å². The maximum atomic E-state index is 9.56. The van der Waals surface area contributed by atoms with Gasteiger partial charge >= 0.3 is 0 Å². The summed E-state index contributed by atoms with van der Waals surface area (Å²) in [5.41, 5.74) is 2.18. The third kappa shape index (κ3) is 2.49. The Morgan fingerprint density at radius 3 is 2.94 bits per heavy atom. The maximum Gasteiger partial charge on any atom is 0.0911 e. The summed E-state index contributed by atoms with van der Waals surface area (Å²) in [4.78, 5) is 4.08. The number of aryl methyl sites for hydroxylation is 2. The lowest BCUT2D eigenvalue weighted by Gasteiger charge is -2.10. The maximum absolute atomic E-state index is 9.56. The van der Waals surface area contributed by atoms with E-state index in [9.17, 15) is 5.11 Å². The van der Waals surface area contributed by atoms with Crippen molar-refractivity contribution in [2.24, 2.45) is 0 Å². The summed E-state index contributed by atoms with van der Waals surface area (Å²) in [6.07, 6.45) is 6.18. The lowest BCUT2D eigenvalue weighted by Crippen LogP contribution is -2.06. The molecule has 0 bridgehead atoms. The molecule has 2 aromatic rings. The highest BCUT2D eigenvalue weighted by Gasteiger charge is 2.06. The smallest absolute Gasteiger partial charge is 0.0911 e. The van der Waals surface area contributed by atoms with E-state index >= 15 is 0 Å². The highest BCUT2D eigenvalue weighted by atomic mass is 16.3. The van der Waals surface area contributed by atoms with Crippen LogP contribution >= 0.6 is 0 Å². The van der Waals surface area contributed by atoms with Crippen LogP contribution in [-0.4, -0.2) is 14.7 Å². The molecule has 0 aliphatic rings. The number of pyridine rings is 1. The van der Waals surface area contributed by atoms with Crippen LogP contribution in [0.1, 0.15) is 24.3 Å². The van der Waals surface area contributed by atoms with Crippen LogP contribution < -0.4 is 0 Å². The molecular weight excluding hydrogens is 200 g/mol. The molecule has 0 aliphatic heterocycles. The molecule has 0 fully saturated rings. The van der Waals surface area contributed by atoms with Crippen LogP contribution in [0.5, 0.6) is 0 Å². The molecule has 1 atom stereocenters. The Hall–Kier alpha value is -1.61. The number of aliphatic hydroxyl groups excluding tert-OH is 1. The summed E-state index contributed by atoms with van der Waals surface area (Å²) in [6, 6.07) is 7.93. The van der Waals surface area contributed by atoms with E-state index in [4.69, 9.17) is 0 Å². The first-order chi connectivity index (χ1) is 7.77. The van der Waals surface area contributed by atoms with Gasteiger partial charge in [-0.3, -0.25) is 4.98 Å². The average molecular weight is 216 g/mol. The van der Waals surface area contributed by atoms with Crippen molar-refractivity contribution in [2.45, 2.75) is 26.0 Å². The minimum absolute atomic E-state index is 0.413. The van der Waals surface area contributed by atoms with Gasteiger partial charge in [0.1, 0.15) is 0 Å². The predicted molar refractivity (Wildman–Crippen MR) is 63.0 cm³/mol. The van der Waals surface area contributed by atoms with Gasteiger partial charge in [0.15, 0.2) is 0 Å². The van der Waals surface area contributed by atoms with E-state index in [2.05, 4.69) is 15.6 Å². The second-order valence-corrected chi connectivity index (χ2v) is 3.91. The molecule has 0 spiro atoms. The summed E-state index contributed by atoms with van der Waals surface area (Å²) >= 11 is 0. The molecule has 0 saturated heterocycles. The number of hydrogen-bond acceptors (Lipinski definition) is 2. The Labute approximate surface area is 95.4 Å². The van der Waals surface area contributed by atoms with Crippen LogP contribution in [0.2, 0.25) is 0 Å². The number of aliphatic hydroxyl groups is 1. The first-order valence-corrected chi connectivity index (χ1v) is 5.49. The van der Waals surface area contributed by atoms with Gasteiger partial charge in [-0.15, -0.1) is 0 Å². The molecule has 84 valence electrons. The Kier molecular flexibility index (Phi) is 3.37. The van der Waals surface area contributed by atoms with Gasteiger partial charge in [-0.1, -0.05) is 6.07 Å². The van der Waals surface area contributed by atoms with Gasteiger partial charge in [0, 0.05) is 30.8 Å². The van der Waals surface area contributed by atoms with Crippen LogP contribution in [0.3, 0.4) is 0 Å². The van der Waals surface area contributed by atoms with Crippen LogP contribution in [0.4, 0.5) is 0 Å². The number of aromatic nitrogens is 2. The molecule has 1 N–H and O–H groups in total. The summed E-state index contributed by atoms with van der Waals surface area (Å²) < 4.78 is 2.08. The molecule has 0 aromatic carbocycles. The van der Waals surface area contributed by atoms with E-state index in [1.165, 1.54) is 5.56 Å². The summed E-state index contributed by atoms with van der Waals surface area (Å²) in [6.45, 7) is 2.66. The first kappa shape index (κ1) is 10.9. The largest absolute Gasteiger partial charge is 0.387 e. The van der Waals surface area contributed by atoms with E-state index in [1.54, 1.807) is 13.1 Å². The molecule has 2 heterocycles. The van der Waals surface area contributed by atoms with Crippen LogP contribution in [0, 0.1) is 0 Å². The predicted octanol–water partition coefficient (Wildman–Crippen LogP) is 2.18. The van der Waals surface area contributed by atoms with Crippen molar-refractivity contribution in [1.29, 1.82) is 0 Å². The Morgan fingerprint density at radius 2 is 2.25 bits per heavy atom. The molecule has 0 saturated carbocycles. The Morgan fingerprint density at radius 1 is 1.38 bits per heavy atom. The molecule has 0 amide bonds. The topological polar surface area (TPSA) is 38.0 Å². The minimum Gasteiger partial charge on any atom is -0.387 e. The van der Waals surface area contributed by atoms with Crippen LogP contribution in [-0.2, 0) is 13.0 Å². The third-order valence-electron chi connectivity index (χ3n) is 2.66. The lowest BCUT2D eigenvalue weighted by atomic mass is 10.2. The van der Waals surface area contributed by atoms with Crippen molar-refractivity contribution in [3.63, 3.8) is 0 Å². The Balaban J connectivity index is 2.02. The number of hydrogen-bond donors (Lipinski definition) is 1. The van der Waals surface area contributed by atoms with Gasteiger partial charge in [0.25, 0.3) is 0 Å². The molecular formula is C13H16N2O. The highest BCUT2D eigenvalue weighted by Crippen LogP contribution is 2.13. The average Bonchev–Trinajstić information content (AvgIpc) is 2.76. The zero-order valence-electron chi connectivity index (χ0n) is 9.37. The van der Waals surface area contributed by atoms with Crippen molar-refractivity contribution in [2.75, 3.05) is 0 Å². The standard InChI is InChI=1S/C13H16N2O/c1-11(16)13-5-3-8-15(13)9-6-12-4-2-7-14-10-12/h2-5,7-8,10-11,16H,6,9H2,1H3. The van der Waals surface area contributed by atoms with Crippen molar-refractivity contribution < 1.29 is 5.11 Å². The quantitative estimate of drug-likeness (QED) is 0.850. The molecule has 1 unspecified atom stereocenters. The van der Waals surface area contributed by atoms with Gasteiger partial charge in [-0.2, -0.15) is 0 Å². The molecule has 2 aromatic heterocycles. The minimum atomic E-state index is -0.413. The summed E-state index contributed by atoms with van der Waals surface area (Å²) in [5, 5.41) is 9.56. The number of nitrogens with zero attached hydrogens (tertiary/aromatic N) is 2. The fraction of sp³-hybridized carbons (Fsp3) is 0.308. The first-order valence-electron chi connectivity index (χ1n) is 5.49. The lowest BCUT2D eigenvalue weighted by molar-refractivity contribution is 0.189. The van der Waals surface area contributed by atoms with Crippen molar-refractivity contribution in [1.82, 2.24) is 9.55 Å². The fourth-order valence-electron chi connectivity index (χ4n) is 1.81. The van der Waals surface area contributed by atoms with Gasteiger partial charge in [0.2, 0.25) is 0 Å². The molecule has 0 aliphatic carbocycles. The van der Waals surface area contributed by atoms with Gasteiger partial charge < -0.3 is 9.67 Å². The van der Waals surface area contributed by atoms with Gasteiger partial charge in [0.05, 0.1) is 6.10 Å². The second kappa shape index (κ2) is 4.94. The second-order valence-electron chi connectivity index (χ2n) is 3.91. The Bertz CT molecular complexity index is 434.